The number of hydrogen-bond donors (Lipinski definition) is 3. The van der Waals surface area contributed by atoms with E-state index in [1.165, 1.54) is 24.3 Å². The Bertz CT molecular complexity index is 685. The van der Waals surface area contributed by atoms with Gasteiger partial charge in [-0.05, 0) is 38.5 Å². The fraction of sp³-hybridized carbons (Fsp3) is 0.500. The van der Waals surface area contributed by atoms with E-state index in [-0.39, 0.29) is 16.5 Å². The number of sulfonamides is 1. The summed E-state index contributed by atoms with van der Waals surface area (Å²) in [6.45, 7) is 5.31. The van der Waals surface area contributed by atoms with Gasteiger partial charge < -0.3 is 10.4 Å². The molecule has 0 radical (unpaired) electrons. The van der Waals surface area contributed by atoms with E-state index in [1.54, 1.807) is 13.8 Å². The van der Waals surface area contributed by atoms with Crippen LogP contribution in [-0.2, 0) is 14.8 Å². The molecule has 3 N–H and O–H groups in total. The van der Waals surface area contributed by atoms with Gasteiger partial charge in [-0.15, -0.1) is 0 Å². The predicted octanol–water partition coefficient (Wildman–Crippen LogP) is 1.75. The van der Waals surface area contributed by atoms with E-state index >= 15 is 0 Å². The molecular weight excluding hydrogens is 332 g/mol. The van der Waals surface area contributed by atoms with Crippen LogP contribution in [0, 0.1) is 0 Å². The van der Waals surface area contributed by atoms with Crippen LogP contribution in [-0.4, -0.2) is 37.5 Å². The van der Waals surface area contributed by atoms with Crippen LogP contribution < -0.4 is 10.0 Å². The second kappa shape index (κ2) is 8.79. The Labute approximate surface area is 142 Å². The average molecular weight is 356 g/mol. The van der Waals surface area contributed by atoms with E-state index in [2.05, 4.69) is 10.0 Å². The summed E-state index contributed by atoms with van der Waals surface area (Å²) in [5.41, 5.74) is 0.101. The Morgan fingerprint density at radius 1 is 1.25 bits per heavy atom. The lowest BCUT2D eigenvalue weighted by molar-refractivity contribution is -0.139. The zero-order chi connectivity index (χ0) is 18.3. The zero-order valence-corrected chi connectivity index (χ0v) is 14.9. The van der Waals surface area contributed by atoms with Crippen molar-refractivity contribution in [2.45, 2.75) is 57.0 Å². The van der Waals surface area contributed by atoms with Crippen molar-refractivity contribution in [3.8, 4) is 0 Å². The summed E-state index contributed by atoms with van der Waals surface area (Å²) in [5, 5.41) is 11.6. The smallest absolute Gasteiger partial charge is 0.326 e. The van der Waals surface area contributed by atoms with Crippen LogP contribution in [0.2, 0.25) is 0 Å². The van der Waals surface area contributed by atoms with Gasteiger partial charge in [-0.1, -0.05) is 25.8 Å². The average Bonchev–Trinajstić information content (AvgIpc) is 2.49. The minimum atomic E-state index is -3.72. The summed E-state index contributed by atoms with van der Waals surface area (Å²) >= 11 is 0. The molecule has 0 spiro atoms. The van der Waals surface area contributed by atoms with Gasteiger partial charge in [-0.2, -0.15) is 0 Å². The first-order valence-electron chi connectivity index (χ1n) is 7.83. The lowest BCUT2D eigenvalue weighted by atomic mass is 10.1. The van der Waals surface area contributed by atoms with Crippen molar-refractivity contribution >= 4 is 21.9 Å². The summed E-state index contributed by atoms with van der Waals surface area (Å²) < 4.78 is 26.7. The van der Waals surface area contributed by atoms with Crippen LogP contribution in [0.5, 0.6) is 0 Å². The largest absolute Gasteiger partial charge is 0.480 e. The molecule has 1 aromatic carbocycles. The number of carboxylic acids is 1. The van der Waals surface area contributed by atoms with Crippen LogP contribution in [0.15, 0.2) is 29.2 Å². The quantitative estimate of drug-likeness (QED) is 0.624. The number of carbonyl (C=O) groups excluding carboxylic acids is 1. The normalized spacial score (nSPS) is 12.8. The van der Waals surface area contributed by atoms with E-state index in [0.717, 1.165) is 6.42 Å². The highest BCUT2D eigenvalue weighted by Gasteiger charge is 2.22. The lowest BCUT2D eigenvalue weighted by Gasteiger charge is -2.15. The molecule has 24 heavy (non-hydrogen) atoms. The number of nitrogens with one attached hydrogen (secondary N) is 2. The summed E-state index contributed by atoms with van der Waals surface area (Å²) in [7, 11) is -3.72. The Kier molecular flexibility index (Phi) is 7.37. The van der Waals surface area contributed by atoms with Crippen molar-refractivity contribution in [1.29, 1.82) is 0 Å². The minimum absolute atomic E-state index is 0.0377. The number of rotatable bonds is 9. The number of amides is 1. The molecule has 0 unspecified atom stereocenters. The second-order valence-electron chi connectivity index (χ2n) is 5.81. The van der Waals surface area contributed by atoms with Gasteiger partial charge in [0, 0.05) is 11.6 Å². The highest BCUT2D eigenvalue weighted by atomic mass is 32.2. The highest BCUT2D eigenvalue weighted by molar-refractivity contribution is 7.89. The molecule has 0 heterocycles. The number of benzene rings is 1. The van der Waals surface area contributed by atoms with Crippen molar-refractivity contribution in [2.24, 2.45) is 0 Å². The Morgan fingerprint density at radius 3 is 2.46 bits per heavy atom. The second-order valence-corrected chi connectivity index (χ2v) is 7.52. The molecule has 8 heteroatoms. The van der Waals surface area contributed by atoms with Crippen molar-refractivity contribution < 1.29 is 23.1 Å². The van der Waals surface area contributed by atoms with Gasteiger partial charge in [-0.25, -0.2) is 17.9 Å². The Morgan fingerprint density at radius 2 is 1.92 bits per heavy atom. The minimum Gasteiger partial charge on any atom is -0.480 e. The third-order valence-electron chi connectivity index (χ3n) is 3.25. The maximum absolute atomic E-state index is 12.2. The van der Waals surface area contributed by atoms with Gasteiger partial charge in [0.1, 0.15) is 6.04 Å². The summed E-state index contributed by atoms with van der Waals surface area (Å²) in [6.07, 6.45) is 1.81. The number of unbranched alkanes of at least 4 members (excludes halogenated alkanes) is 1. The van der Waals surface area contributed by atoms with Crippen LogP contribution in [0.25, 0.3) is 0 Å². The molecule has 0 aliphatic rings. The van der Waals surface area contributed by atoms with Crippen molar-refractivity contribution in [3.63, 3.8) is 0 Å². The standard InChI is InChI=1S/C16H24N2O5S/c1-4-5-9-14(16(20)21)17-15(19)12-7-6-8-13(10-12)24(22,23)18-11(2)3/h6-8,10-11,14,18H,4-5,9H2,1-3H3,(H,17,19)(H,20,21)/t14-/m0/s1. The van der Waals surface area contributed by atoms with Crippen LogP contribution in [0.4, 0.5) is 0 Å². The first-order chi connectivity index (χ1) is 11.2. The first-order valence-corrected chi connectivity index (χ1v) is 9.31. The molecule has 7 nitrogen and oxygen atoms in total. The lowest BCUT2D eigenvalue weighted by Crippen LogP contribution is -2.40. The maximum atomic E-state index is 12.2. The Hall–Kier alpha value is -1.93. The van der Waals surface area contributed by atoms with Gasteiger partial charge in [-0.3, -0.25) is 4.79 Å². The monoisotopic (exact) mass is 356 g/mol. The van der Waals surface area contributed by atoms with E-state index in [1.807, 2.05) is 6.92 Å². The van der Waals surface area contributed by atoms with Crippen molar-refractivity contribution in [2.75, 3.05) is 0 Å². The molecule has 1 aromatic rings. The van der Waals surface area contributed by atoms with Crippen LogP contribution >= 0.6 is 0 Å². The summed E-state index contributed by atoms with van der Waals surface area (Å²) in [4.78, 5) is 23.4. The van der Waals surface area contributed by atoms with Crippen molar-refractivity contribution in [1.82, 2.24) is 10.0 Å². The topological polar surface area (TPSA) is 113 Å². The molecule has 0 aromatic heterocycles. The van der Waals surface area contributed by atoms with E-state index in [9.17, 15) is 18.0 Å². The molecular formula is C16H24N2O5S. The molecule has 1 rings (SSSR count). The van der Waals surface area contributed by atoms with E-state index in [0.29, 0.717) is 12.8 Å². The Balaban J connectivity index is 2.96. The summed E-state index contributed by atoms with van der Waals surface area (Å²) in [5.74, 6) is -1.72. The molecule has 0 saturated heterocycles. The molecule has 0 aliphatic carbocycles. The first kappa shape index (κ1) is 20.1. The van der Waals surface area contributed by atoms with Crippen molar-refractivity contribution in [3.05, 3.63) is 29.8 Å². The molecule has 0 saturated carbocycles. The van der Waals surface area contributed by atoms with Crippen LogP contribution in [0.1, 0.15) is 50.4 Å². The molecule has 0 bridgehead atoms. The highest BCUT2D eigenvalue weighted by Crippen LogP contribution is 2.13. The molecule has 1 amide bonds. The molecule has 0 fully saturated rings. The van der Waals surface area contributed by atoms with Gasteiger partial charge in [0.15, 0.2) is 0 Å². The third kappa shape index (κ3) is 5.93. The van der Waals surface area contributed by atoms with Gasteiger partial charge in [0.25, 0.3) is 5.91 Å². The van der Waals surface area contributed by atoms with Gasteiger partial charge in [0.05, 0.1) is 4.90 Å². The molecule has 0 aliphatic heterocycles. The number of aliphatic carboxylic acids is 1. The van der Waals surface area contributed by atoms with Crippen LogP contribution in [0.3, 0.4) is 0 Å². The fourth-order valence-electron chi connectivity index (χ4n) is 2.09. The third-order valence-corrected chi connectivity index (χ3v) is 4.90. The maximum Gasteiger partial charge on any atom is 0.326 e. The molecule has 1 atom stereocenters. The number of carbonyl (C=O) groups is 2. The van der Waals surface area contributed by atoms with Gasteiger partial charge >= 0.3 is 5.97 Å². The molecule has 134 valence electrons. The predicted molar refractivity (Wildman–Crippen MR) is 90.3 cm³/mol. The zero-order valence-electron chi connectivity index (χ0n) is 14.1. The number of carboxylic acid groups (broad SMARTS) is 1. The van der Waals surface area contributed by atoms with Gasteiger partial charge in [0.2, 0.25) is 10.0 Å². The number of hydrogen-bond acceptors (Lipinski definition) is 4. The fourth-order valence-corrected chi connectivity index (χ4v) is 3.39. The summed E-state index contributed by atoms with van der Waals surface area (Å²) in [6, 6.07) is 4.24. The van der Waals surface area contributed by atoms with E-state index in [4.69, 9.17) is 5.11 Å². The van der Waals surface area contributed by atoms with E-state index < -0.39 is 27.9 Å². The SMILES string of the molecule is CCCC[C@H](NC(=O)c1cccc(S(=O)(=O)NC(C)C)c1)C(=O)O.